The Morgan fingerprint density at radius 3 is 2.50 bits per heavy atom. The Morgan fingerprint density at radius 2 is 1.81 bits per heavy atom. The van der Waals surface area contributed by atoms with Gasteiger partial charge in [-0.05, 0) is 63.1 Å². The molecule has 1 saturated carbocycles. The number of hydrogen-bond acceptors (Lipinski definition) is 7. The van der Waals surface area contributed by atoms with Crippen LogP contribution in [0.3, 0.4) is 0 Å². The number of amides is 1. The van der Waals surface area contributed by atoms with Crippen LogP contribution in [0.15, 0.2) is 36.7 Å². The largest absolute Gasteiger partial charge is 0.377 e. The Labute approximate surface area is 216 Å². The molecule has 0 radical (unpaired) electrons. The first-order valence-electron chi connectivity index (χ1n) is 12.7. The highest BCUT2D eigenvalue weighted by Crippen LogP contribution is 2.29. The first-order valence-corrected chi connectivity index (χ1v) is 13.1. The molecule has 2 fully saturated rings. The van der Waals surface area contributed by atoms with E-state index in [0.717, 1.165) is 65.1 Å². The number of anilines is 2. The van der Waals surface area contributed by atoms with Gasteiger partial charge in [-0.25, -0.2) is 15.0 Å². The second-order valence-corrected chi connectivity index (χ2v) is 10.4. The van der Waals surface area contributed by atoms with E-state index in [-0.39, 0.29) is 17.9 Å². The minimum atomic E-state index is -0.292. The highest BCUT2D eigenvalue weighted by atomic mass is 35.5. The molecule has 3 N–H and O–H groups in total. The van der Waals surface area contributed by atoms with Gasteiger partial charge in [0.05, 0.1) is 35.7 Å². The first kappa shape index (κ1) is 24.7. The predicted octanol–water partition coefficient (Wildman–Crippen LogP) is 4.69. The summed E-state index contributed by atoms with van der Waals surface area (Å²) in [6, 6.07) is 8.73. The van der Waals surface area contributed by atoms with Crippen LogP contribution in [0, 0.1) is 12.8 Å². The number of nitrogens with one attached hydrogen (secondary N) is 3. The fourth-order valence-corrected chi connectivity index (χ4v) is 4.95. The van der Waals surface area contributed by atoms with Crippen LogP contribution in [0.2, 0.25) is 5.02 Å². The number of halogens is 1. The van der Waals surface area contributed by atoms with Crippen molar-refractivity contribution in [1.82, 2.24) is 20.3 Å². The molecule has 0 unspecified atom stereocenters. The van der Waals surface area contributed by atoms with Crippen molar-refractivity contribution in [2.45, 2.75) is 57.5 Å². The van der Waals surface area contributed by atoms with Crippen molar-refractivity contribution in [2.24, 2.45) is 5.92 Å². The Bertz CT molecular complexity index is 1210. The monoisotopic (exact) mass is 508 g/mol. The summed E-state index contributed by atoms with van der Waals surface area (Å²) in [5.41, 5.74) is 2.71. The lowest BCUT2D eigenvalue weighted by Crippen LogP contribution is -2.49. The number of pyridine rings is 1. The molecule has 36 heavy (non-hydrogen) atoms. The second-order valence-electron chi connectivity index (χ2n) is 10.0. The van der Waals surface area contributed by atoms with Crippen molar-refractivity contribution in [3.63, 3.8) is 0 Å². The molecular weight excluding hydrogens is 476 g/mol. The topological polar surface area (TPSA) is 101 Å². The Hall–Kier alpha value is -2.97. The van der Waals surface area contributed by atoms with Gasteiger partial charge < -0.3 is 20.7 Å². The summed E-state index contributed by atoms with van der Waals surface area (Å²) >= 11 is 6.48. The minimum absolute atomic E-state index is 0.0184. The zero-order valence-corrected chi connectivity index (χ0v) is 21.5. The standard InChI is InChI=1S/C27H33ClN6O2/c1-16-3-6-19-7-10-23(34-25(19)24(16)28)32-21-8-4-18(5-9-21)11-29-27-30-12-20(13-31-27)17(2)26(35)33-22-14-36-15-22/h3,6-7,10,12-13,17-18,21-22H,4-5,8-9,11,14-15H2,1-2H3,(H,32,34)(H,33,35)(H,29,30,31)/t17-,18?,21?/m1/s1. The van der Waals surface area contributed by atoms with E-state index in [1.165, 1.54) is 0 Å². The number of ether oxygens (including phenoxy) is 1. The fourth-order valence-electron chi connectivity index (χ4n) is 4.74. The maximum Gasteiger partial charge on any atom is 0.227 e. The van der Waals surface area contributed by atoms with E-state index >= 15 is 0 Å². The lowest BCUT2D eigenvalue weighted by Gasteiger charge is -2.29. The number of nitrogens with zero attached hydrogens (tertiary/aromatic N) is 3. The van der Waals surface area contributed by atoms with Crippen LogP contribution >= 0.6 is 11.6 Å². The minimum Gasteiger partial charge on any atom is -0.377 e. The van der Waals surface area contributed by atoms with Crippen molar-refractivity contribution in [3.8, 4) is 0 Å². The molecule has 2 aromatic heterocycles. The number of carbonyl (C=O) groups is 1. The van der Waals surface area contributed by atoms with Gasteiger partial charge >= 0.3 is 0 Å². The van der Waals surface area contributed by atoms with E-state index < -0.39 is 0 Å². The van der Waals surface area contributed by atoms with Crippen LogP contribution in [0.4, 0.5) is 11.8 Å². The van der Waals surface area contributed by atoms with Crippen LogP contribution in [0.1, 0.15) is 49.7 Å². The fraction of sp³-hybridized carbons (Fsp3) is 0.481. The summed E-state index contributed by atoms with van der Waals surface area (Å²) in [5.74, 6) is 1.75. The number of aromatic nitrogens is 3. The number of aryl methyl sites for hydroxylation is 1. The molecular formula is C27H33ClN6O2. The van der Waals surface area contributed by atoms with Gasteiger partial charge in [-0.2, -0.15) is 0 Å². The zero-order valence-electron chi connectivity index (χ0n) is 20.8. The Morgan fingerprint density at radius 1 is 1.08 bits per heavy atom. The smallest absolute Gasteiger partial charge is 0.227 e. The number of benzene rings is 1. The maximum atomic E-state index is 12.3. The normalized spacial score (nSPS) is 21.0. The Balaban J connectivity index is 1.07. The van der Waals surface area contributed by atoms with E-state index in [1.54, 1.807) is 12.4 Å². The van der Waals surface area contributed by atoms with Gasteiger partial charge in [0, 0.05) is 35.9 Å². The van der Waals surface area contributed by atoms with Gasteiger partial charge in [0.2, 0.25) is 11.9 Å². The van der Waals surface area contributed by atoms with Crippen molar-refractivity contribution >= 4 is 40.2 Å². The van der Waals surface area contributed by atoms with Gasteiger partial charge in [0.1, 0.15) is 5.82 Å². The molecule has 1 aliphatic carbocycles. The molecule has 1 aromatic carbocycles. The number of carbonyl (C=O) groups excluding carboxylic acids is 1. The van der Waals surface area contributed by atoms with E-state index in [1.807, 2.05) is 26.0 Å². The Kier molecular flexibility index (Phi) is 7.53. The average molecular weight is 509 g/mol. The van der Waals surface area contributed by atoms with Crippen LogP contribution < -0.4 is 16.0 Å². The number of hydrogen-bond donors (Lipinski definition) is 3. The van der Waals surface area contributed by atoms with Gasteiger partial charge in [0.15, 0.2) is 0 Å². The van der Waals surface area contributed by atoms with Gasteiger partial charge in [-0.15, -0.1) is 0 Å². The molecule has 1 atom stereocenters. The molecule has 2 aliphatic rings. The number of rotatable bonds is 8. The summed E-state index contributed by atoms with van der Waals surface area (Å²) in [7, 11) is 0. The summed E-state index contributed by atoms with van der Waals surface area (Å²) in [6.07, 6.45) is 7.90. The van der Waals surface area contributed by atoms with Gasteiger partial charge in [-0.1, -0.05) is 23.7 Å². The lowest BCUT2D eigenvalue weighted by molar-refractivity contribution is -0.126. The summed E-state index contributed by atoms with van der Waals surface area (Å²) in [4.78, 5) is 26.0. The van der Waals surface area contributed by atoms with Crippen molar-refractivity contribution in [2.75, 3.05) is 30.4 Å². The van der Waals surface area contributed by atoms with E-state index in [9.17, 15) is 4.79 Å². The summed E-state index contributed by atoms with van der Waals surface area (Å²) < 4.78 is 5.11. The molecule has 9 heteroatoms. The van der Waals surface area contributed by atoms with E-state index in [4.69, 9.17) is 21.3 Å². The SMILES string of the molecule is Cc1ccc2ccc(NC3CCC(CNc4ncc([C@@H](C)C(=O)NC5COC5)cn4)CC3)nc2c1Cl. The van der Waals surface area contributed by atoms with Crippen molar-refractivity contribution in [3.05, 3.63) is 52.8 Å². The zero-order chi connectivity index (χ0) is 25.1. The number of fused-ring (bicyclic) bond motifs is 1. The summed E-state index contributed by atoms with van der Waals surface area (Å²) in [5, 5.41) is 11.7. The van der Waals surface area contributed by atoms with Gasteiger partial charge in [0.25, 0.3) is 0 Å². The highest BCUT2D eigenvalue weighted by Gasteiger charge is 2.25. The second kappa shape index (κ2) is 11.0. The van der Waals surface area contributed by atoms with Crippen LogP contribution in [0.5, 0.6) is 0 Å². The maximum absolute atomic E-state index is 12.3. The molecule has 1 saturated heterocycles. The summed E-state index contributed by atoms with van der Waals surface area (Å²) in [6.45, 7) is 5.89. The first-order chi connectivity index (χ1) is 17.5. The van der Waals surface area contributed by atoms with E-state index in [2.05, 4.69) is 38.1 Å². The lowest BCUT2D eigenvalue weighted by atomic mass is 9.86. The van der Waals surface area contributed by atoms with E-state index in [0.29, 0.717) is 31.1 Å². The van der Waals surface area contributed by atoms with Gasteiger partial charge in [-0.3, -0.25) is 4.79 Å². The third-order valence-corrected chi connectivity index (χ3v) is 7.77. The third kappa shape index (κ3) is 5.71. The van der Waals surface area contributed by atoms with Crippen molar-refractivity contribution in [1.29, 1.82) is 0 Å². The highest BCUT2D eigenvalue weighted by molar-refractivity contribution is 6.35. The molecule has 0 spiro atoms. The molecule has 5 rings (SSSR count). The molecule has 1 aliphatic heterocycles. The predicted molar refractivity (Wildman–Crippen MR) is 143 cm³/mol. The molecule has 8 nitrogen and oxygen atoms in total. The van der Waals surface area contributed by atoms with Crippen molar-refractivity contribution < 1.29 is 9.53 Å². The van der Waals surface area contributed by atoms with Crippen LogP contribution in [-0.2, 0) is 9.53 Å². The molecule has 3 heterocycles. The quantitative estimate of drug-likeness (QED) is 0.406. The average Bonchev–Trinajstić information content (AvgIpc) is 2.88. The molecule has 190 valence electrons. The molecule has 3 aromatic rings. The third-order valence-electron chi connectivity index (χ3n) is 7.29. The molecule has 0 bridgehead atoms. The van der Waals surface area contributed by atoms with Crippen LogP contribution in [-0.4, -0.2) is 52.7 Å². The van der Waals surface area contributed by atoms with Crippen LogP contribution in [0.25, 0.3) is 10.9 Å². The molecule has 1 amide bonds.